The number of carbonyl (C=O) groups excluding carboxylic acids is 1. The quantitative estimate of drug-likeness (QED) is 0.446. The third-order valence-electron chi connectivity index (χ3n) is 4.69. The molecule has 0 radical (unpaired) electrons. The van der Waals surface area contributed by atoms with Gasteiger partial charge < -0.3 is 9.15 Å². The fraction of sp³-hybridized carbons (Fsp3) is 0.211. The number of rotatable bonds is 3. The van der Waals surface area contributed by atoms with E-state index in [0.717, 1.165) is 22.6 Å². The lowest BCUT2D eigenvalue weighted by Crippen LogP contribution is -2.10. The summed E-state index contributed by atoms with van der Waals surface area (Å²) < 4.78 is 14.3. The Morgan fingerprint density at radius 1 is 1.25 bits per heavy atom. The van der Waals surface area contributed by atoms with Crippen LogP contribution in [0.3, 0.4) is 0 Å². The number of esters is 1. The minimum absolute atomic E-state index is 0.197. The second-order valence-electron chi connectivity index (χ2n) is 6.43. The summed E-state index contributed by atoms with van der Waals surface area (Å²) in [6, 6.07) is 6.01. The maximum absolute atomic E-state index is 12.4. The summed E-state index contributed by atoms with van der Waals surface area (Å²) in [5, 5.41) is 8.36. The van der Waals surface area contributed by atoms with Crippen LogP contribution in [0.4, 0.5) is 0 Å². The van der Waals surface area contributed by atoms with Crippen molar-refractivity contribution in [2.24, 2.45) is 0 Å². The van der Waals surface area contributed by atoms with Crippen LogP contribution in [0.1, 0.15) is 34.4 Å². The zero-order valence-electron chi connectivity index (χ0n) is 15.3. The summed E-state index contributed by atoms with van der Waals surface area (Å²) in [5.74, 6) is -0.0791. The summed E-state index contributed by atoms with van der Waals surface area (Å²) in [4.78, 5) is 21.2. The van der Waals surface area contributed by atoms with Gasteiger partial charge in [-0.15, -0.1) is 5.10 Å². The predicted molar refractivity (Wildman–Crippen MR) is 97.5 cm³/mol. The molecule has 140 valence electrons. The molecular formula is C19H16N6O3. The third-order valence-corrected chi connectivity index (χ3v) is 4.69. The van der Waals surface area contributed by atoms with Crippen molar-refractivity contribution in [2.75, 3.05) is 6.61 Å². The summed E-state index contributed by atoms with van der Waals surface area (Å²) in [6.07, 6.45) is 5.18. The first-order valence-corrected chi connectivity index (χ1v) is 8.86. The Morgan fingerprint density at radius 3 is 2.93 bits per heavy atom. The molecule has 4 aromatic rings. The molecule has 1 aliphatic rings. The number of aryl methyl sites for hydroxylation is 1. The van der Waals surface area contributed by atoms with Crippen molar-refractivity contribution in [1.82, 2.24) is 29.5 Å². The standard InChI is InChI=1S/C19H16N6O3/c1-3-27-19(26)17-15-9-14-16(18-20-6-7-28-18)21-10-24(14)12-5-4-11(2)8-13(12)25(15)23-22-17/h4-8,10H,3,9H2,1-2H3. The first-order chi connectivity index (χ1) is 13.7. The lowest BCUT2D eigenvalue weighted by atomic mass is 10.1. The fourth-order valence-electron chi connectivity index (χ4n) is 3.45. The molecule has 0 atom stereocenters. The minimum atomic E-state index is -0.497. The van der Waals surface area contributed by atoms with E-state index in [0.29, 0.717) is 23.7 Å². The molecule has 0 bridgehead atoms. The molecular weight excluding hydrogens is 360 g/mol. The maximum atomic E-state index is 12.4. The highest BCUT2D eigenvalue weighted by atomic mass is 16.5. The van der Waals surface area contributed by atoms with Crippen LogP contribution in [0.2, 0.25) is 0 Å². The Labute approximate surface area is 159 Å². The number of hydrogen-bond acceptors (Lipinski definition) is 7. The van der Waals surface area contributed by atoms with Gasteiger partial charge in [-0.3, -0.25) is 4.57 Å². The van der Waals surface area contributed by atoms with Gasteiger partial charge >= 0.3 is 5.97 Å². The van der Waals surface area contributed by atoms with Crippen molar-refractivity contribution in [3.63, 3.8) is 0 Å². The van der Waals surface area contributed by atoms with Crippen LogP contribution in [-0.2, 0) is 11.2 Å². The van der Waals surface area contributed by atoms with Gasteiger partial charge in [-0.05, 0) is 31.5 Å². The maximum Gasteiger partial charge on any atom is 0.360 e. The molecule has 4 heterocycles. The zero-order chi connectivity index (χ0) is 19.3. The van der Waals surface area contributed by atoms with Crippen molar-refractivity contribution < 1.29 is 13.9 Å². The highest BCUT2D eigenvalue weighted by Gasteiger charge is 2.30. The van der Waals surface area contributed by atoms with Crippen molar-refractivity contribution in [2.45, 2.75) is 20.3 Å². The molecule has 9 nitrogen and oxygen atoms in total. The number of oxazole rings is 1. The second-order valence-corrected chi connectivity index (χ2v) is 6.43. The molecule has 0 saturated carbocycles. The molecule has 0 amide bonds. The molecule has 5 rings (SSSR count). The van der Waals surface area contributed by atoms with E-state index in [2.05, 4.69) is 20.3 Å². The minimum Gasteiger partial charge on any atom is -0.461 e. The summed E-state index contributed by atoms with van der Waals surface area (Å²) in [6.45, 7) is 4.02. The molecule has 0 unspecified atom stereocenters. The molecule has 28 heavy (non-hydrogen) atoms. The molecule has 0 aliphatic carbocycles. The Bertz CT molecular complexity index is 1190. The zero-order valence-corrected chi connectivity index (χ0v) is 15.3. The van der Waals surface area contributed by atoms with E-state index in [1.807, 2.05) is 29.7 Å². The second kappa shape index (κ2) is 6.15. The normalized spacial score (nSPS) is 12.1. The number of benzene rings is 1. The summed E-state index contributed by atoms with van der Waals surface area (Å²) in [5.41, 5.74) is 5.03. The van der Waals surface area contributed by atoms with E-state index in [1.165, 1.54) is 6.26 Å². The van der Waals surface area contributed by atoms with E-state index in [9.17, 15) is 4.79 Å². The van der Waals surface area contributed by atoms with Crippen molar-refractivity contribution in [3.05, 3.63) is 59.6 Å². The number of aromatic nitrogens is 6. The van der Waals surface area contributed by atoms with Gasteiger partial charge in [-0.1, -0.05) is 11.3 Å². The summed E-state index contributed by atoms with van der Waals surface area (Å²) in [7, 11) is 0. The smallest absolute Gasteiger partial charge is 0.360 e. The molecule has 1 aromatic carbocycles. The van der Waals surface area contributed by atoms with Crippen LogP contribution < -0.4 is 0 Å². The Balaban J connectivity index is 1.78. The molecule has 1 aliphatic heterocycles. The average molecular weight is 376 g/mol. The highest BCUT2D eigenvalue weighted by Crippen LogP contribution is 2.33. The van der Waals surface area contributed by atoms with Gasteiger partial charge in [0.05, 0.1) is 35.6 Å². The van der Waals surface area contributed by atoms with Gasteiger partial charge in [0.1, 0.15) is 18.3 Å². The van der Waals surface area contributed by atoms with Crippen LogP contribution in [0.25, 0.3) is 23.0 Å². The number of imidazole rings is 1. The van der Waals surface area contributed by atoms with E-state index < -0.39 is 5.97 Å². The third kappa shape index (κ3) is 2.36. The van der Waals surface area contributed by atoms with Gasteiger partial charge in [0.25, 0.3) is 0 Å². The number of ether oxygens (including phenoxy) is 1. The van der Waals surface area contributed by atoms with Gasteiger partial charge in [-0.25, -0.2) is 19.4 Å². The Morgan fingerprint density at radius 2 is 2.14 bits per heavy atom. The van der Waals surface area contributed by atoms with Crippen LogP contribution >= 0.6 is 0 Å². The molecule has 3 aromatic heterocycles. The summed E-state index contributed by atoms with van der Waals surface area (Å²) >= 11 is 0. The van der Waals surface area contributed by atoms with Gasteiger partial charge in [0, 0.05) is 6.42 Å². The topological polar surface area (TPSA) is 101 Å². The van der Waals surface area contributed by atoms with Crippen LogP contribution in [0, 0.1) is 6.92 Å². The van der Waals surface area contributed by atoms with Crippen molar-refractivity contribution in [1.29, 1.82) is 0 Å². The number of hydrogen-bond donors (Lipinski definition) is 0. The number of fused-ring (bicyclic) bond motifs is 5. The molecule has 0 saturated heterocycles. The van der Waals surface area contributed by atoms with E-state index in [-0.39, 0.29) is 12.3 Å². The first-order valence-electron chi connectivity index (χ1n) is 8.86. The fourth-order valence-corrected chi connectivity index (χ4v) is 3.45. The van der Waals surface area contributed by atoms with Gasteiger partial charge in [0.15, 0.2) is 5.69 Å². The van der Waals surface area contributed by atoms with Gasteiger partial charge in [0.2, 0.25) is 5.89 Å². The van der Waals surface area contributed by atoms with Crippen molar-refractivity contribution >= 4 is 5.97 Å². The average Bonchev–Trinajstić information content (AvgIpc) is 3.41. The first kappa shape index (κ1) is 16.4. The number of nitrogens with zero attached hydrogens (tertiary/aromatic N) is 6. The Kier molecular flexibility index (Phi) is 3.61. The van der Waals surface area contributed by atoms with Crippen molar-refractivity contribution in [3.8, 4) is 23.0 Å². The lowest BCUT2D eigenvalue weighted by Gasteiger charge is -2.10. The highest BCUT2D eigenvalue weighted by molar-refractivity contribution is 5.89. The van der Waals surface area contributed by atoms with Crippen LogP contribution in [0.15, 0.2) is 41.4 Å². The molecule has 9 heteroatoms. The van der Waals surface area contributed by atoms with E-state index >= 15 is 0 Å². The largest absolute Gasteiger partial charge is 0.461 e. The van der Waals surface area contributed by atoms with E-state index in [4.69, 9.17) is 9.15 Å². The molecule has 0 fully saturated rings. The monoisotopic (exact) mass is 376 g/mol. The van der Waals surface area contributed by atoms with E-state index in [1.54, 1.807) is 24.1 Å². The lowest BCUT2D eigenvalue weighted by molar-refractivity contribution is 0.0518. The van der Waals surface area contributed by atoms with Gasteiger partial charge in [-0.2, -0.15) is 0 Å². The SMILES string of the molecule is CCOC(=O)c1nnn2c1Cc1c(-c3ncco3)ncn1-c1ccc(C)cc1-2. The number of carbonyl (C=O) groups is 1. The molecule has 0 spiro atoms. The van der Waals surface area contributed by atoms with Crippen LogP contribution in [-0.4, -0.2) is 42.1 Å². The Hall–Kier alpha value is -3.75. The molecule has 0 N–H and O–H groups in total. The van der Waals surface area contributed by atoms with Crippen LogP contribution in [0.5, 0.6) is 0 Å². The predicted octanol–water partition coefficient (Wildman–Crippen LogP) is 2.50.